The first-order valence-electron chi connectivity index (χ1n) is 4.92. The molecule has 0 saturated carbocycles. The molecule has 0 spiro atoms. The van der Waals surface area contributed by atoms with Gasteiger partial charge in [-0.25, -0.2) is 0 Å². The Morgan fingerprint density at radius 2 is 2.00 bits per heavy atom. The highest BCUT2D eigenvalue weighted by atomic mass is 16.3. The summed E-state index contributed by atoms with van der Waals surface area (Å²) in [7, 11) is 0. The second-order valence-corrected chi connectivity index (χ2v) is 3.79. The van der Waals surface area contributed by atoms with Crippen LogP contribution < -0.4 is 0 Å². The van der Waals surface area contributed by atoms with Gasteiger partial charge in [0.05, 0.1) is 6.10 Å². The van der Waals surface area contributed by atoms with Crippen LogP contribution in [0.4, 0.5) is 0 Å². The van der Waals surface area contributed by atoms with Crippen molar-refractivity contribution in [2.75, 3.05) is 0 Å². The van der Waals surface area contributed by atoms with E-state index >= 15 is 0 Å². The molecule has 1 aromatic carbocycles. The minimum absolute atomic E-state index is 0.284. The van der Waals surface area contributed by atoms with Gasteiger partial charge in [0.1, 0.15) is 0 Å². The Kier molecular flexibility index (Phi) is 3.49. The molecule has 0 radical (unpaired) electrons. The Hall–Kier alpha value is -0.820. The van der Waals surface area contributed by atoms with Crippen LogP contribution in [-0.2, 0) is 6.42 Å². The Morgan fingerprint density at radius 3 is 2.54 bits per heavy atom. The second kappa shape index (κ2) is 4.43. The number of hydrogen-bond donors (Lipinski definition) is 1. The maximum atomic E-state index is 9.82. The van der Waals surface area contributed by atoms with Crippen LogP contribution in [0, 0.1) is 5.92 Å². The fraction of sp³-hybridized carbons (Fsp3) is 0.500. The number of rotatable bonds is 3. The largest absolute Gasteiger partial charge is 0.388 e. The summed E-state index contributed by atoms with van der Waals surface area (Å²) in [5.41, 5.74) is 2.33. The van der Waals surface area contributed by atoms with Crippen LogP contribution in [-0.4, -0.2) is 5.11 Å². The molecule has 0 bridgehead atoms. The van der Waals surface area contributed by atoms with Crippen molar-refractivity contribution in [1.82, 2.24) is 0 Å². The van der Waals surface area contributed by atoms with Crippen molar-refractivity contribution < 1.29 is 5.11 Å². The van der Waals surface area contributed by atoms with E-state index in [1.165, 1.54) is 5.56 Å². The summed E-state index contributed by atoms with van der Waals surface area (Å²) in [4.78, 5) is 0. The van der Waals surface area contributed by atoms with Gasteiger partial charge in [-0.05, 0) is 23.5 Å². The van der Waals surface area contributed by atoms with Gasteiger partial charge in [-0.15, -0.1) is 0 Å². The topological polar surface area (TPSA) is 20.2 Å². The number of aliphatic hydroxyl groups is 1. The standard InChI is InChI=1S/C12H18O/c1-4-10-6-5-7-11(8-10)12(13)9(2)3/h5-9,12-13H,4H2,1-3H3/t12-/m0/s1. The van der Waals surface area contributed by atoms with Crippen molar-refractivity contribution in [3.8, 4) is 0 Å². The highest BCUT2D eigenvalue weighted by molar-refractivity contribution is 5.25. The summed E-state index contributed by atoms with van der Waals surface area (Å²) >= 11 is 0. The van der Waals surface area contributed by atoms with Crippen LogP contribution >= 0.6 is 0 Å². The summed E-state index contributed by atoms with van der Waals surface area (Å²) in [6, 6.07) is 8.19. The van der Waals surface area contributed by atoms with E-state index in [2.05, 4.69) is 19.1 Å². The summed E-state index contributed by atoms with van der Waals surface area (Å²) in [5.74, 6) is 0.284. The first-order chi connectivity index (χ1) is 6.15. The molecule has 72 valence electrons. The zero-order chi connectivity index (χ0) is 9.84. The molecule has 1 aromatic rings. The van der Waals surface area contributed by atoms with Gasteiger partial charge >= 0.3 is 0 Å². The minimum atomic E-state index is -0.327. The summed E-state index contributed by atoms with van der Waals surface area (Å²) in [6.07, 6.45) is 0.699. The first kappa shape index (κ1) is 10.3. The van der Waals surface area contributed by atoms with Crippen LogP contribution in [0.2, 0.25) is 0 Å². The van der Waals surface area contributed by atoms with Crippen molar-refractivity contribution in [2.45, 2.75) is 33.3 Å². The first-order valence-corrected chi connectivity index (χ1v) is 4.92. The highest BCUT2D eigenvalue weighted by Crippen LogP contribution is 2.21. The molecule has 0 aromatic heterocycles. The molecule has 0 unspecified atom stereocenters. The smallest absolute Gasteiger partial charge is 0.0813 e. The molecular formula is C12H18O. The summed E-state index contributed by atoms with van der Waals surface area (Å²) in [5, 5.41) is 9.82. The predicted octanol–water partition coefficient (Wildman–Crippen LogP) is 2.94. The van der Waals surface area contributed by atoms with Crippen molar-refractivity contribution in [1.29, 1.82) is 0 Å². The fourth-order valence-corrected chi connectivity index (χ4v) is 1.38. The van der Waals surface area contributed by atoms with Crippen LogP contribution in [0.1, 0.15) is 38.0 Å². The zero-order valence-corrected chi connectivity index (χ0v) is 8.62. The number of benzene rings is 1. The third-order valence-corrected chi connectivity index (χ3v) is 2.33. The van der Waals surface area contributed by atoms with Crippen molar-refractivity contribution in [2.24, 2.45) is 5.92 Å². The third-order valence-electron chi connectivity index (χ3n) is 2.33. The van der Waals surface area contributed by atoms with Crippen molar-refractivity contribution >= 4 is 0 Å². The molecule has 0 heterocycles. The van der Waals surface area contributed by atoms with E-state index in [1.54, 1.807) is 0 Å². The molecule has 0 amide bonds. The van der Waals surface area contributed by atoms with E-state index < -0.39 is 0 Å². The normalized spacial score (nSPS) is 13.3. The van der Waals surface area contributed by atoms with Crippen molar-refractivity contribution in [3.05, 3.63) is 35.4 Å². The molecule has 1 heteroatoms. The predicted molar refractivity (Wildman–Crippen MR) is 55.6 cm³/mol. The SMILES string of the molecule is CCc1cccc([C@@H](O)C(C)C)c1. The molecule has 13 heavy (non-hydrogen) atoms. The van der Waals surface area contributed by atoms with Gasteiger partial charge in [-0.2, -0.15) is 0 Å². The quantitative estimate of drug-likeness (QED) is 0.754. The van der Waals surface area contributed by atoms with Crippen molar-refractivity contribution in [3.63, 3.8) is 0 Å². The average Bonchev–Trinajstić information content (AvgIpc) is 2.16. The third kappa shape index (κ3) is 2.56. The van der Waals surface area contributed by atoms with E-state index in [0.29, 0.717) is 0 Å². The van der Waals surface area contributed by atoms with E-state index in [1.807, 2.05) is 26.0 Å². The molecule has 1 atom stereocenters. The average molecular weight is 178 g/mol. The van der Waals surface area contributed by atoms with Gasteiger partial charge in [0.15, 0.2) is 0 Å². The Labute approximate surface area is 80.4 Å². The van der Waals surface area contributed by atoms with Gasteiger partial charge < -0.3 is 5.11 Å². The Balaban J connectivity index is 2.88. The lowest BCUT2D eigenvalue weighted by Gasteiger charge is -2.15. The monoisotopic (exact) mass is 178 g/mol. The number of aliphatic hydroxyl groups excluding tert-OH is 1. The van der Waals surface area contributed by atoms with E-state index in [9.17, 15) is 5.11 Å². The maximum Gasteiger partial charge on any atom is 0.0813 e. The Bertz CT molecular complexity index is 266. The molecule has 1 N–H and O–H groups in total. The fourth-order valence-electron chi connectivity index (χ4n) is 1.38. The lowest BCUT2D eigenvalue weighted by molar-refractivity contribution is 0.127. The lowest BCUT2D eigenvalue weighted by Crippen LogP contribution is -2.05. The summed E-state index contributed by atoms with van der Waals surface area (Å²) < 4.78 is 0. The van der Waals surface area contributed by atoms with Gasteiger partial charge in [0, 0.05) is 0 Å². The van der Waals surface area contributed by atoms with Crippen LogP contribution in [0.3, 0.4) is 0 Å². The minimum Gasteiger partial charge on any atom is -0.388 e. The van der Waals surface area contributed by atoms with Crippen LogP contribution in [0.5, 0.6) is 0 Å². The van der Waals surface area contributed by atoms with E-state index in [4.69, 9.17) is 0 Å². The van der Waals surface area contributed by atoms with E-state index in [0.717, 1.165) is 12.0 Å². The molecule has 0 aliphatic carbocycles. The van der Waals surface area contributed by atoms with Crippen LogP contribution in [0.15, 0.2) is 24.3 Å². The van der Waals surface area contributed by atoms with Gasteiger partial charge in [0.25, 0.3) is 0 Å². The zero-order valence-electron chi connectivity index (χ0n) is 8.62. The Morgan fingerprint density at radius 1 is 1.31 bits per heavy atom. The summed E-state index contributed by atoms with van der Waals surface area (Å²) in [6.45, 7) is 6.19. The second-order valence-electron chi connectivity index (χ2n) is 3.79. The van der Waals surface area contributed by atoms with E-state index in [-0.39, 0.29) is 12.0 Å². The molecule has 0 saturated heterocycles. The molecule has 0 aliphatic heterocycles. The number of hydrogen-bond acceptors (Lipinski definition) is 1. The highest BCUT2D eigenvalue weighted by Gasteiger charge is 2.11. The molecular weight excluding hydrogens is 160 g/mol. The van der Waals surface area contributed by atoms with Gasteiger partial charge in [-0.1, -0.05) is 45.0 Å². The maximum absolute atomic E-state index is 9.82. The van der Waals surface area contributed by atoms with Crippen LogP contribution in [0.25, 0.3) is 0 Å². The van der Waals surface area contributed by atoms with Gasteiger partial charge in [-0.3, -0.25) is 0 Å². The molecule has 0 aliphatic rings. The molecule has 0 fully saturated rings. The number of aryl methyl sites for hydroxylation is 1. The molecule has 1 nitrogen and oxygen atoms in total. The van der Waals surface area contributed by atoms with Gasteiger partial charge in [0.2, 0.25) is 0 Å². The molecule has 1 rings (SSSR count). The lowest BCUT2D eigenvalue weighted by atomic mass is 9.97.